The molecule has 1 aromatic rings. The summed E-state index contributed by atoms with van der Waals surface area (Å²) in [5, 5.41) is 5.15. The van der Waals surface area contributed by atoms with Gasteiger partial charge in [-0.3, -0.25) is 4.79 Å². The molecular weight excluding hydrogens is 278 g/mol. The average molecular weight is 299 g/mol. The van der Waals surface area contributed by atoms with Gasteiger partial charge in [-0.2, -0.15) is 0 Å². The summed E-state index contributed by atoms with van der Waals surface area (Å²) in [6.07, 6.45) is 4.57. The van der Waals surface area contributed by atoms with Gasteiger partial charge in [0.05, 0.1) is 0 Å². The SMILES string of the molecule is CC(C)n1cc(S(N)(=O)=O)cc1C(=O)N1CCCCC1. The summed E-state index contributed by atoms with van der Waals surface area (Å²) in [4.78, 5) is 14.3. The molecule has 0 radical (unpaired) electrons. The Balaban J connectivity index is 2.38. The normalized spacial score (nSPS) is 16.7. The molecule has 0 spiro atoms. The van der Waals surface area contributed by atoms with Gasteiger partial charge in [-0.05, 0) is 39.2 Å². The smallest absolute Gasteiger partial charge is 0.270 e. The van der Waals surface area contributed by atoms with Crippen LogP contribution in [-0.2, 0) is 10.0 Å². The topological polar surface area (TPSA) is 85.4 Å². The highest BCUT2D eigenvalue weighted by Crippen LogP contribution is 2.21. The van der Waals surface area contributed by atoms with Gasteiger partial charge in [0.25, 0.3) is 5.91 Å². The van der Waals surface area contributed by atoms with E-state index in [-0.39, 0.29) is 16.8 Å². The molecule has 1 saturated heterocycles. The largest absolute Gasteiger partial charge is 0.340 e. The second kappa shape index (κ2) is 5.57. The van der Waals surface area contributed by atoms with Crippen molar-refractivity contribution >= 4 is 15.9 Å². The fraction of sp³-hybridized carbons (Fsp3) is 0.615. The fourth-order valence-corrected chi connectivity index (χ4v) is 3.00. The first-order chi connectivity index (χ1) is 9.30. The fourth-order valence-electron chi connectivity index (χ4n) is 2.47. The molecule has 0 aliphatic carbocycles. The third-order valence-electron chi connectivity index (χ3n) is 3.57. The second-order valence-corrected chi connectivity index (χ2v) is 7.02. The minimum absolute atomic E-state index is 0.00533. The summed E-state index contributed by atoms with van der Waals surface area (Å²) in [6, 6.07) is 1.38. The highest BCUT2D eigenvalue weighted by Gasteiger charge is 2.25. The maximum atomic E-state index is 12.5. The summed E-state index contributed by atoms with van der Waals surface area (Å²) < 4.78 is 24.6. The highest BCUT2D eigenvalue weighted by molar-refractivity contribution is 7.89. The monoisotopic (exact) mass is 299 g/mol. The van der Waals surface area contributed by atoms with Crippen molar-refractivity contribution in [1.29, 1.82) is 0 Å². The van der Waals surface area contributed by atoms with Crippen molar-refractivity contribution in [3.8, 4) is 0 Å². The lowest BCUT2D eigenvalue weighted by Gasteiger charge is -2.27. The van der Waals surface area contributed by atoms with Crippen LogP contribution in [0, 0.1) is 0 Å². The molecule has 6 nitrogen and oxygen atoms in total. The number of nitrogens with zero attached hydrogens (tertiary/aromatic N) is 2. The van der Waals surface area contributed by atoms with Crippen LogP contribution in [0.15, 0.2) is 17.2 Å². The lowest BCUT2D eigenvalue weighted by molar-refractivity contribution is 0.0711. The Morgan fingerprint density at radius 2 is 1.85 bits per heavy atom. The first kappa shape index (κ1) is 15.1. The second-order valence-electron chi connectivity index (χ2n) is 5.46. The zero-order valence-corrected chi connectivity index (χ0v) is 12.7. The van der Waals surface area contributed by atoms with Gasteiger partial charge in [0, 0.05) is 25.3 Å². The number of aromatic nitrogens is 1. The summed E-state index contributed by atoms with van der Waals surface area (Å²) in [6.45, 7) is 5.26. The molecule has 1 aromatic heterocycles. The summed E-state index contributed by atoms with van der Waals surface area (Å²) >= 11 is 0. The minimum Gasteiger partial charge on any atom is -0.340 e. The van der Waals surface area contributed by atoms with Crippen molar-refractivity contribution in [2.45, 2.75) is 44.0 Å². The van der Waals surface area contributed by atoms with Crippen molar-refractivity contribution in [2.24, 2.45) is 5.14 Å². The van der Waals surface area contributed by atoms with Gasteiger partial charge in [-0.1, -0.05) is 0 Å². The van der Waals surface area contributed by atoms with Crippen LogP contribution in [0.2, 0.25) is 0 Å². The number of nitrogens with two attached hydrogens (primary N) is 1. The van der Waals surface area contributed by atoms with E-state index in [0.29, 0.717) is 5.69 Å². The number of primary sulfonamides is 1. The quantitative estimate of drug-likeness (QED) is 0.914. The van der Waals surface area contributed by atoms with Crippen molar-refractivity contribution in [3.63, 3.8) is 0 Å². The van der Waals surface area contributed by atoms with E-state index in [9.17, 15) is 13.2 Å². The number of hydrogen-bond acceptors (Lipinski definition) is 3. The molecular formula is C13H21N3O3S. The number of carbonyl (C=O) groups is 1. The van der Waals surface area contributed by atoms with E-state index in [1.165, 1.54) is 12.3 Å². The predicted octanol–water partition coefficient (Wildman–Crippen LogP) is 1.34. The van der Waals surface area contributed by atoms with Gasteiger partial charge in [0.1, 0.15) is 10.6 Å². The molecule has 0 unspecified atom stereocenters. The molecule has 2 heterocycles. The molecule has 0 aromatic carbocycles. The number of sulfonamides is 1. The number of carbonyl (C=O) groups excluding carboxylic acids is 1. The van der Waals surface area contributed by atoms with Crippen LogP contribution in [0.4, 0.5) is 0 Å². The van der Waals surface area contributed by atoms with Crippen LogP contribution in [0.5, 0.6) is 0 Å². The van der Waals surface area contributed by atoms with Crippen LogP contribution >= 0.6 is 0 Å². The lowest BCUT2D eigenvalue weighted by atomic mass is 10.1. The summed E-state index contributed by atoms with van der Waals surface area (Å²) in [5.41, 5.74) is 0.394. The van der Waals surface area contributed by atoms with Gasteiger partial charge >= 0.3 is 0 Å². The van der Waals surface area contributed by atoms with E-state index < -0.39 is 10.0 Å². The standard InChI is InChI=1S/C13H21N3O3S/c1-10(2)16-9-11(20(14,18)19)8-12(16)13(17)15-6-4-3-5-7-15/h8-10H,3-7H2,1-2H3,(H2,14,18,19). The molecule has 0 saturated carbocycles. The van der Waals surface area contributed by atoms with E-state index in [4.69, 9.17) is 5.14 Å². The Labute approximate surface area is 119 Å². The van der Waals surface area contributed by atoms with Crippen LogP contribution in [0.1, 0.15) is 49.6 Å². The number of amides is 1. The molecule has 1 aliphatic rings. The third kappa shape index (κ3) is 3.04. The maximum Gasteiger partial charge on any atom is 0.270 e. The Kier molecular flexibility index (Phi) is 4.19. The van der Waals surface area contributed by atoms with Gasteiger partial charge in [0.2, 0.25) is 10.0 Å². The number of likely N-dealkylation sites (tertiary alicyclic amines) is 1. The van der Waals surface area contributed by atoms with Gasteiger partial charge in [0.15, 0.2) is 0 Å². The number of rotatable bonds is 3. The molecule has 2 N–H and O–H groups in total. The van der Waals surface area contributed by atoms with Crippen LogP contribution in [0.3, 0.4) is 0 Å². The van der Waals surface area contributed by atoms with Gasteiger partial charge in [-0.15, -0.1) is 0 Å². The van der Waals surface area contributed by atoms with Crippen molar-refractivity contribution in [1.82, 2.24) is 9.47 Å². The van der Waals surface area contributed by atoms with E-state index in [0.717, 1.165) is 32.4 Å². The molecule has 7 heteroatoms. The number of hydrogen-bond donors (Lipinski definition) is 1. The van der Waals surface area contributed by atoms with Crippen LogP contribution in [0.25, 0.3) is 0 Å². The predicted molar refractivity (Wildman–Crippen MR) is 75.9 cm³/mol. The van der Waals surface area contributed by atoms with Gasteiger partial charge < -0.3 is 9.47 Å². The van der Waals surface area contributed by atoms with Crippen molar-refractivity contribution in [2.75, 3.05) is 13.1 Å². The minimum atomic E-state index is -3.79. The lowest BCUT2D eigenvalue weighted by Crippen LogP contribution is -2.36. The molecule has 1 fully saturated rings. The summed E-state index contributed by atoms with van der Waals surface area (Å²) in [5.74, 6) is -0.117. The third-order valence-corrected chi connectivity index (χ3v) is 4.45. The van der Waals surface area contributed by atoms with Crippen LogP contribution in [-0.4, -0.2) is 36.9 Å². The van der Waals surface area contributed by atoms with E-state index in [1.54, 1.807) is 9.47 Å². The van der Waals surface area contributed by atoms with Crippen LogP contribution < -0.4 is 5.14 Å². The first-order valence-electron chi connectivity index (χ1n) is 6.84. The summed E-state index contributed by atoms with van der Waals surface area (Å²) in [7, 11) is -3.79. The maximum absolute atomic E-state index is 12.5. The van der Waals surface area contributed by atoms with E-state index >= 15 is 0 Å². The average Bonchev–Trinajstić information content (AvgIpc) is 2.84. The van der Waals surface area contributed by atoms with E-state index in [2.05, 4.69) is 0 Å². The van der Waals surface area contributed by atoms with E-state index in [1.807, 2.05) is 13.8 Å². The Morgan fingerprint density at radius 3 is 2.35 bits per heavy atom. The Hall–Kier alpha value is -1.34. The molecule has 0 atom stereocenters. The molecule has 20 heavy (non-hydrogen) atoms. The Morgan fingerprint density at radius 1 is 1.25 bits per heavy atom. The highest BCUT2D eigenvalue weighted by atomic mass is 32.2. The zero-order valence-electron chi connectivity index (χ0n) is 11.9. The molecule has 1 aliphatic heterocycles. The van der Waals surface area contributed by atoms with Crippen molar-refractivity contribution < 1.29 is 13.2 Å². The van der Waals surface area contributed by atoms with Gasteiger partial charge in [-0.25, -0.2) is 13.6 Å². The van der Waals surface area contributed by atoms with Crippen molar-refractivity contribution in [3.05, 3.63) is 18.0 Å². The zero-order chi connectivity index (χ0) is 14.9. The molecule has 2 rings (SSSR count). The first-order valence-corrected chi connectivity index (χ1v) is 8.39. The Bertz CT molecular complexity index is 598. The molecule has 112 valence electrons. The molecule has 1 amide bonds. The molecule has 0 bridgehead atoms. The number of piperidine rings is 1.